The predicted molar refractivity (Wildman–Crippen MR) is 97.5 cm³/mol. The lowest BCUT2D eigenvalue weighted by atomic mass is 10.1. The van der Waals surface area contributed by atoms with E-state index in [1.54, 1.807) is 42.5 Å². The summed E-state index contributed by atoms with van der Waals surface area (Å²) in [6.45, 7) is 0. The second-order valence-electron chi connectivity index (χ2n) is 5.06. The van der Waals surface area contributed by atoms with Crippen molar-refractivity contribution in [3.8, 4) is 0 Å². The fourth-order valence-corrected chi connectivity index (χ4v) is 2.62. The standard InChI is InChI=1S/C18H12Cl2N2O3/c19-11-7-8-15(13(20)10-11)22-17(23)12-4-1-2-5-14(12)21-18(24)16-6-3-9-25-16/h1-10H,(H,21,24)(H,22,23). The van der Waals surface area contributed by atoms with Crippen molar-refractivity contribution in [2.75, 3.05) is 10.6 Å². The molecule has 0 radical (unpaired) electrons. The lowest BCUT2D eigenvalue weighted by Crippen LogP contribution is -2.18. The summed E-state index contributed by atoms with van der Waals surface area (Å²) in [7, 11) is 0. The second-order valence-corrected chi connectivity index (χ2v) is 5.90. The predicted octanol–water partition coefficient (Wildman–Crippen LogP) is 5.09. The smallest absolute Gasteiger partial charge is 0.291 e. The van der Waals surface area contributed by atoms with E-state index in [1.807, 2.05) is 0 Å². The minimum Gasteiger partial charge on any atom is -0.459 e. The number of halogens is 2. The van der Waals surface area contributed by atoms with Gasteiger partial charge in [0.05, 0.1) is 28.2 Å². The number of furan rings is 1. The number of carbonyl (C=O) groups is 2. The first-order valence-electron chi connectivity index (χ1n) is 7.25. The van der Waals surface area contributed by atoms with Gasteiger partial charge in [0, 0.05) is 5.02 Å². The summed E-state index contributed by atoms with van der Waals surface area (Å²) in [4.78, 5) is 24.7. The van der Waals surface area contributed by atoms with Crippen molar-refractivity contribution in [1.82, 2.24) is 0 Å². The first-order valence-corrected chi connectivity index (χ1v) is 8.00. The van der Waals surface area contributed by atoms with Crippen molar-refractivity contribution in [3.63, 3.8) is 0 Å². The Morgan fingerprint density at radius 1 is 0.840 bits per heavy atom. The van der Waals surface area contributed by atoms with E-state index >= 15 is 0 Å². The van der Waals surface area contributed by atoms with Crippen LogP contribution in [0, 0.1) is 0 Å². The van der Waals surface area contributed by atoms with Gasteiger partial charge in [0.2, 0.25) is 0 Å². The van der Waals surface area contributed by atoms with Crippen molar-refractivity contribution >= 4 is 46.4 Å². The number of benzene rings is 2. The normalized spacial score (nSPS) is 10.3. The molecule has 126 valence electrons. The molecule has 1 aromatic heterocycles. The molecule has 0 saturated carbocycles. The number of carbonyl (C=O) groups excluding carboxylic acids is 2. The first-order chi connectivity index (χ1) is 12.0. The van der Waals surface area contributed by atoms with Crippen LogP contribution in [0.5, 0.6) is 0 Å². The minimum atomic E-state index is -0.449. The summed E-state index contributed by atoms with van der Waals surface area (Å²) in [5.41, 5.74) is 1.06. The minimum absolute atomic E-state index is 0.149. The van der Waals surface area contributed by atoms with Gasteiger partial charge in [0.15, 0.2) is 5.76 Å². The maximum Gasteiger partial charge on any atom is 0.291 e. The van der Waals surface area contributed by atoms with Gasteiger partial charge >= 0.3 is 0 Å². The highest BCUT2D eigenvalue weighted by molar-refractivity contribution is 6.36. The van der Waals surface area contributed by atoms with Gasteiger partial charge in [0.25, 0.3) is 11.8 Å². The van der Waals surface area contributed by atoms with Gasteiger partial charge in [0.1, 0.15) is 0 Å². The molecule has 2 N–H and O–H groups in total. The van der Waals surface area contributed by atoms with Crippen LogP contribution in [-0.2, 0) is 0 Å². The van der Waals surface area contributed by atoms with Gasteiger partial charge in [-0.25, -0.2) is 0 Å². The Kier molecular flexibility index (Phi) is 5.07. The number of rotatable bonds is 4. The molecule has 1 heterocycles. The summed E-state index contributed by atoms with van der Waals surface area (Å²) in [6, 6.07) is 14.5. The van der Waals surface area contributed by atoms with Crippen molar-refractivity contribution < 1.29 is 14.0 Å². The summed E-state index contributed by atoms with van der Waals surface area (Å²) in [6.07, 6.45) is 1.40. The second kappa shape index (κ2) is 7.42. The summed E-state index contributed by atoms with van der Waals surface area (Å²) in [5, 5.41) is 6.14. The van der Waals surface area contributed by atoms with E-state index in [4.69, 9.17) is 27.6 Å². The third-order valence-electron chi connectivity index (χ3n) is 3.34. The highest BCUT2D eigenvalue weighted by Crippen LogP contribution is 2.26. The van der Waals surface area contributed by atoms with Crippen LogP contribution in [-0.4, -0.2) is 11.8 Å². The molecule has 3 rings (SSSR count). The number of hydrogen-bond donors (Lipinski definition) is 2. The van der Waals surface area contributed by atoms with Crippen molar-refractivity contribution in [1.29, 1.82) is 0 Å². The van der Waals surface area contributed by atoms with Gasteiger partial charge in [-0.05, 0) is 42.5 Å². The zero-order valence-electron chi connectivity index (χ0n) is 12.8. The number of hydrogen-bond acceptors (Lipinski definition) is 3. The Morgan fingerprint density at radius 3 is 2.32 bits per heavy atom. The topological polar surface area (TPSA) is 71.3 Å². The van der Waals surface area contributed by atoms with Crippen LogP contribution < -0.4 is 10.6 Å². The molecule has 5 nitrogen and oxygen atoms in total. The Bertz CT molecular complexity index is 924. The van der Waals surface area contributed by atoms with Crippen LogP contribution in [0.2, 0.25) is 10.0 Å². The van der Waals surface area contributed by atoms with Gasteiger partial charge in [-0.15, -0.1) is 0 Å². The molecule has 0 aliphatic rings. The largest absolute Gasteiger partial charge is 0.459 e. The number of amides is 2. The van der Waals surface area contributed by atoms with Crippen LogP contribution in [0.4, 0.5) is 11.4 Å². The molecule has 25 heavy (non-hydrogen) atoms. The van der Waals surface area contributed by atoms with Gasteiger partial charge in [-0.1, -0.05) is 35.3 Å². The van der Waals surface area contributed by atoms with Crippen LogP contribution in [0.3, 0.4) is 0 Å². The molecule has 0 atom stereocenters. The molecule has 0 fully saturated rings. The van der Waals surface area contributed by atoms with E-state index in [2.05, 4.69) is 10.6 Å². The molecule has 0 bridgehead atoms. The lowest BCUT2D eigenvalue weighted by molar-refractivity contribution is 0.0996. The van der Waals surface area contributed by atoms with Gasteiger partial charge < -0.3 is 15.1 Å². The highest BCUT2D eigenvalue weighted by atomic mass is 35.5. The Morgan fingerprint density at radius 2 is 1.60 bits per heavy atom. The third kappa shape index (κ3) is 4.02. The molecule has 2 aromatic carbocycles. The van der Waals surface area contributed by atoms with Crippen LogP contribution >= 0.6 is 23.2 Å². The summed E-state index contributed by atoms with van der Waals surface area (Å²) >= 11 is 11.9. The molecule has 0 aliphatic heterocycles. The Hall–Kier alpha value is -2.76. The van der Waals surface area contributed by atoms with E-state index in [1.165, 1.54) is 18.4 Å². The van der Waals surface area contributed by atoms with Crippen LogP contribution in [0.25, 0.3) is 0 Å². The average molecular weight is 375 g/mol. The van der Waals surface area contributed by atoms with E-state index in [-0.39, 0.29) is 11.3 Å². The van der Waals surface area contributed by atoms with Crippen LogP contribution in [0.1, 0.15) is 20.9 Å². The average Bonchev–Trinajstić information content (AvgIpc) is 3.12. The molecule has 7 heteroatoms. The summed E-state index contributed by atoms with van der Waals surface area (Å²) in [5.74, 6) is -0.717. The maximum atomic E-state index is 12.6. The van der Waals surface area contributed by atoms with Crippen LogP contribution in [0.15, 0.2) is 65.3 Å². The zero-order valence-corrected chi connectivity index (χ0v) is 14.3. The first kappa shape index (κ1) is 17.1. The van der Waals surface area contributed by atoms with Crippen molar-refractivity contribution in [2.24, 2.45) is 0 Å². The number of nitrogens with one attached hydrogen (secondary N) is 2. The molecule has 0 aliphatic carbocycles. The molecule has 0 spiro atoms. The quantitative estimate of drug-likeness (QED) is 0.667. The van der Waals surface area contributed by atoms with E-state index in [9.17, 15) is 9.59 Å². The summed E-state index contributed by atoms with van der Waals surface area (Å²) < 4.78 is 5.05. The fraction of sp³-hybridized carbons (Fsp3) is 0. The number of para-hydroxylation sites is 1. The molecule has 0 unspecified atom stereocenters. The molecule has 3 aromatic rings. The van der Waals surface area contributed by atoms with E-state index in [0.29, 0.717) is 21.4 Å². The lowest BCUT2D eigenvalue weighted by Gasteiger charge is -2.12. The molecular formula is C18H12Cl2N2O3. The zero-order chi connectivity index (χ0) is 17.8. The SMILES string of the molecule is O=C(Nc1ccccc1C(=O)Nc1ccc(Cl)cc1Cl)c1ccco1. The van der Waals surface area contributed by atoms with Crippen molar-refractivity contribution in [3.05, 3.63) is 82.2 Å². The van der Waals surface area contributed by atoms with E-state index < -0.39 is 11.8 Å². The molecular weight excluding hydrogens is 363 g/mol. The maximum absolute atomic E-state index is 12.6. The van der Waals surface area contributed by atoms with Gasteiger partial charge in [-0.3, -0.25) is 9.59 Å². The highest BCUT2D eigenvalue weighted by Gasteiger charge is 2.16. The molecule has 0 saturated heterocycles. The van der Waals surface area contributed by atoms with Crippen molar-refractivity contribution in [2.45, 2.75) is 0 Å². The fourth-order valence-electron chi connectivity index (χ4n) is 2.16. The molecule has 2 amide bonds. The monoisotopic (exact) mass is 374 g/mol. The van der Waals surface area contributed by atoms with E-state index in [0.717, 1.165) is 0 Å². The Labute approximate surface area is 153 Å². The number of anilines is 2. The Balaban J connectivity index is 1.82. The third-order valence-corrected chi connectivity index (χ3v) is 3.89. The van der Waals surface area contributed by atoms with Gasteiger partial charge in [-0.2, -0.15) is 0 Å².